The van der Waals surface area contributed by atoms with E-state index in [0.29, 0.717) is 5.82 Å². The van der Waals surface area contributed by atoms with Crippen molar-refractivity contribution in [2.45, 2.75) is 26.4 Å². The van der Waals surface area contributed by atoms with Gasteiger partial charge >= 0.3 is 0 Å². The Morgan fingerprint density at radius 1 is 1.39 bits per heavy atom. The molecule has 0 unspecified atom stereocenters. The summed E-state index contributed by atoms with van der Waals surface area (Å²) in [6, 6.07) is 5.84. The number of aryl methyl sites for hydroxylation is 2. The fourth-order valence-corrected chi connectivity index (χ4v) is 1.92. The molecule has 0 saturated heterocycles. The smallest absolute Gasteiger partial charge is 0.145 e. The molecule has 0 amide bonds. The highest BCUT2D eigenvalue weighted by Gasteiger charge is 2.04. The van der Waals surface area contributed by atoms with Crippen molar-refractivity contribution in [1.82, 2.24) is 14.7 Å². The lowest BCUT2D eigenvalue weighted by molar-refractivity contribution is 0.282. The normalized spacial score (nSPS) is 11.3. The minimum absolute atomic E-state index is 0.578. The lowest BCUT2D eigenvalue weighted by Gasteiger charge is -2.14. The van der Waals surface area contributed by atoms with Crippen LogP contribution in [-0.4, -0.2) is 28.3 Å². The molecule has 0 aliphatic heterocycles. The predicted octanol–water partition coefficient (Wildman–Crippen LogP) is 1.89. The molecule has 0 spiro atoms. The Bertz CT molecular complexity index is 489. The summed E-state index contributed by atoms with van der Waals surface area (Å²) >= 11 is 0. The molecular weight excluding hydrogens is 228 g/mol. The average molecular weight is 248 g/mol. The molecular formula is C13H20N4O. The van der Waals surface area contributed by atoms with Crippen LogP contribution in [0.25, 0.3) is 0 Å². The van der Waals surface area contributed by atoms with Gasteiger partial charge in [-0.3, -0.25) is 9.58 Å². The van der Waals surface area contributed by atoms with E-state index in [0.717, 1.165) is 37.6 Å². The first-order valence-electron chi connectivity index (χ1n) is 6.16. The van der Waals surface area contributed by atoms with Gasteiger partial charge in [0.25, 0.3) is 0 Å². The number of furan rings is 1. The summed E-state index contributed by atoms with van der Waals surface area (Å²) in [5.41, 5.74) is 5.56. The van der Waals surface area contributed by atoms with Crippen molar-refractivity contribution in [1.29, 1.82) is 0 Å². The van der Waals surface area contributed by atoms with E-state index in [-0.39, 0.29) is 0 Å². The van der Waals surface area contributed by atoms with E-state index in [1.165, 1.54) is 0 Å². The highest BCUT2D eigenvalue weighted by Crippen LogP contribution is 2.08. The summed E-state index contributed by atoms with van der Waals surface area (Å²) in [6.07, 6.45) is 2.95. The summed E-state index contributed by atoms with van der Waals surface area (Å²) < 4.78 is 7.42. The number of nitrogens with two attached hydrogens (primary N) is 1. The number of anilines is 1. The Kier molecular flexibility index (Phi) is 4.04. The third-order valence-electron chi connectivity index (χ3n) is 2.81. The van der Waals surface area contributed by atoms with Crippen LogP contribution in [0.1, 0.15) is 17.9 Å². The van der Waals surface area contributed by atoms with E-state index in [1.54, 1.807) is 0 Å². The molecule has 0 radical (unpaired) electrons. The number of rotatable bonds is 6. The number of hydrogen-bond donors (Lipinski definition) is 1. The first-order chi connectivity index (χ1) is 8.63. The van der Waals surface area contributed by atoms with Crippen molar-refractivity contribution in [2.75, 3.05) is 19.3 Å². The molecule has 18 heavy (non-hydrogen) atoms. The predicted molar refractivity (Wildman–Crippen MR) is 71.0 cm³/mol. The Labute approximate surface area is 107 Å². The van der Waals surface area contributed by atoms with Crippen molar-refractivity contribution in [3.63, 3.8) is 0 Å². The quantitative estimate of drug-likeness (QED) is 0.848. The van der Waals surface area contributed by atoms with Crippen molar-refractivity contribution in [3.05, 3.63) is 35.9 Å². The topological polar surface area (TPSA) is 60.2 Å². The van der Waals surface area contributed by atoms with Gasteiger partial charge in [-0.15, -0.1) is 0 Å². The van der Waals surface area contributed by atoms with Gasteiger partial charge in [0.2, 0.25) is 0 Å². The zero-order chi connectivity index (χ0) is 13.0. The molecule has 0 aromatic carbocycles. The number of hydrogen-bond acceptors (Lipinski definition) is 4. The fraction of sp³-hybridized carbons (Fsp3) is 0.462. The molecule has 0 saturated carbocycles. The van der Waals surface area contributed by atoms with E-state index < -0.39 is 0 Å². The molecule has 0 atom stereocenters. The van der Waals surface area contributed by atoms with Gasteiger partial charge < -0.3 is 10.2 Å². The number of nitrogens with zero attached hydrogens (tertiary/aromatic N) is 3. The van der Waals surface area contributed by atoms with E-state index in [2.05, 4.69) is 17.0 Å². The number of nitrogen functional groups attached to an aromatic ring is 1. The molecule has 5 heteroatoms. The van der Waals surface area contributed by atoms with Crippen LogP contribution in [-0.2, 0) is 13.1 Å². The van der Waals surface area contributed by atoms with E-state index in [9.17, 15) is 0 Å². The molecule has 2 aromatic rings. The van der Waals surface area contributed by atoms with E-state index in [4.69, 9.17) is 10.2 Å². The molecule has 2 N–H and O–H groups in total. The first kappa shape index (κ1) is 12.7. The van der Waals surface area contributed by atoms with Gasteiger partial charge in [0.05, 0.1) is 6.54 Å². The van der Waals surface area contributed by atoms with Crippen molar-refractivity contribution < 1.29 is 4.42 Å². The molecule has 98 valence electrons. The van der Waals surface area contributed by atoms with Crippen molar-refractivity contribution in [3.8, 4) is 0 Å². The Morgan fingerprint density at radius 2 is 2.22 bits per heavy atom. The molecule has 5 nitrogen and oxygen atoms in total. The Morgan fingerprint density at radius 3 is 2.83 bits per heavy atom. The van der Waals surface area contributed by atoms with Crippen LogP contribution < -0.4 is 5.73 Å². The fourth-order valence-electron chi connectivity index (χ4n) is 1.92. The zero-order valence-corrected chi connectivity index (χ0v) is 11.0. The molecule has 2 aromatic heterocycles. The average Bonchev–Trinajstić information content (AvgIpc) is 2.88. The van der Waals surface area contributed by atoms with Crippen molar-refractivity contribution in [2.24, 2.45) is 0 Å². The second-order valence-corrected chi connectivity index (χ2v) is 4.61. The standard InChI is InChI=1S/C13H20N4O/c1-11-4-5-12(18-11)10-16(2)7-3-8-17-9-6-13(14)15-17/h4-6,9H,3,7-8,10H2,1-2H3,(H2,14,15). The van der Waals surface area contributed by atoms with Crippen LogP contribution >= 0.6 is 0 Å². The van der Waals surface area contributed by atoms with Crippen LogP contribution in [0.5, 0.6) is 0 Å². The maximum Gasteiger partial charge on any atom is 0.145 e. The lowest BCUT2D eigenvalue weighted by Crippen LogP contribution is -2.20. The summed E-state index contributed by atoms with van der Waals surface area (Å²) in [5.74, 6) is 2.55. The summed E-state index contributed by atoms with van der Waals surface area (Å²) in [6.45, 7) is 4.69. The van der Waals surface area contributed by atoms with Crippen LogP contribution in [0.3, 0.4) is 0 Å². The monoisotopic (exact) mass is 248 g/mol. The minimum Gasteiger partial charge on any atom is -0.465 e. The van der Waals surface area contributed by atoms with Crippen molar-refractivity contribution >= 4 is 5.82 Å². The highest BCUT2D eigenvalue weighted by molar-refractivity contribution is 5.23. The lowest BCUT2D eigenvalue weighted by atomic mass is 10.3. The van der Waals surface area contributed by atoms with E-state index in [1.807, 2.05) is 36.0 Å². The third-order valence-corrected chi connectivity index (χ3v) is 2.81. The molecule has 2 rings (SSSR count). The van der Waals surface area contributed by atoms with Gasteiger partial charge in [0, 0.05) is 19.3 Å². The molecule has 2 heterocycles. The van der Waals surface area contributed by atoms with E-state index >= 15 is 0 Å². The van der Waals surface area contributed by atoms with Gasteiger partial charge in [0.1, 0.15) is 17.3 Å². The Hall–Kier alpha value is -1.75. The minimum atomic E-state index is 0.578. The first-order valence-corrected chi connectivity index (χ1v) is 6.16. The summed E-state index contributed by atoms with van der Waals surface area (Å²) in [5, 5.41) is 4.15. The van der Waals surface area contributed by atoms with Gasteiger partial charge in [-0.25, -0.2) is 0 Å². The largest absolute Gasteiger partial charge is 0.465 e. The third kappa shape index (κ3) is 3.63. The highest BCUT2D eigenvalue weighted by atomic mass is 16.3. The van der Waals surface area contributed by atoms with Gasteiger partial charge in [0.15, 0.2) is 0 Å². The Balaban J connectivity index is 1.70. The van der Waals surface area contributed by atoms with Crippen LogP contribution in [0.4, 0.5) is 5.82 Å². The molecule has 0 bridgehead atoms. The molecule has 0 aliphatic rings. The summed E-state index contributed by atoms with van der Waals surface area (Å²) in [4.78, 5) is 2.24. The second-order valence-electron chi connectivity index (χ2n) is 4.61. The van der Waals surface area contributed by atoms with Gasteiger partial charge in [-0.1, -0.05) is 0 Å². The van der Waals surface area contributed by atoms with Crippen LogP contribution in [0, 0.1) is 6.92 Å². The molecule has 0 fully saturated rings. The van der Waals surface area contributed by atoms with Gasteiger partial charge in [-0.05, 0) is 38.6 Å². The second kappa shape index (κ2) is 5.73. The maximum atomic E-state index is 5.56. The van der Waals surface area contributed by atoms with Crippen LogP contribution in [0.15, 0.2) is 28.8 Å². The molecule has 0 aliphatic carbocycles. The number of aromatic nitrogens is 2. The van der Waals surface area contributed by atoms with Gasteiger partial charge in [-0.2, -0.15) is 5.10 Å². The maximum absolute atomic E-state index is 5.56. The SMILES string of the molecule is Cc1ccc(CN(C)CCCn2ccc(N)n2)o1. The summed E-state index contributed by atoms with van der Waals surface area (Å²) in [7, 11) is 2.09. The zero-order valence-electron chi connectivity index (χ0n) is 11.0. The van der Waals surface area contributed by atoms with Crippen LogP contribution in [0.2, 0.25) is 0 Å².